The van der Waals surface area contributed by atoms with Crippen LogP contribution in [0.3, 0.4) is 0 Å². The molecule has 1 aliphatic heterocycles. The van der Waals surface area contributed by atoms with Crippen LogP contribution in [0.4, 0.5) is 0 Å². The van der Waals surface area contributed by atoms with E-state index in [9.17, 15) is 4.79 Å². The largest absolute Gasteiger partial charge is 0.383 e. The van der Waals surface area contributed by atoms with Crippen molar-refractivity contribution in [3.8, 4) is 0 Å². The summed E-state index contributed by atoms with van der Waals surface area (Å²) in [5.41, 5.74) is 2.36. The van der Waals surface area contributed by atoms with Crippen LogP contribution in [0.2, 0.25) is 0 Å². The van der Waals surface area contributed by atoms with Crippen LogP contribution in [0.25, 0.3) is 0 Å². The van der Waals surface area contributed by atoms with Crippen molar-refractivity contribution < 1.29 is 9.53 Å². The Labute approximate surface area is 174 Å². The Morgan fingerprint density at radius 3 is 2.69 bits per heavy atom. The lowest BCUT2D eigenvalue weighted by Crippen LogP contribution is -2.53. The standard InChI is InChI=1S/C23H34N4O2/c1-4-25(16-20-14-24-27(5-2)17-20)23(28)21-12-9-13-26(22(21)18-29-3)15-19-10-7-6-8-11-19/h6-8,10-11,14,17,21-22H,4-5,9,12-13,15-16,18H2,1-3H3/t21-,22-/m1/s1. The highest BCUT2D eigenvalue weighted by Gasteiger charge is 2.37. The van der Waals surface area contributed by atoms with Crippen molar-refractivity contribution in [1.29, 1.82) is 0 Å². The molecule has 0 N–H and O–H groups in total. The van der Waals surface area contributed by atoms with E-state index in [1.54, 1.807) is 7.11 Å². The minimum Gasteiger partial charge on any atom is -0.383 e. The quantitative estimate of drug-likeness (QED) is 0.651. The molecule has 2 atom stereocenters. The molecular weight excluding hydrogens is 364 g/mol. The van der Waals surface area contributed by atoms with Crippen LogP contribution in [0.5, 0.6) is 0 Å². The van der Waals surface area contributed by atoms with Crippen LogP contribution >= 0.6 is 0 Å². The Morgan fingerprint density at radius 1 is 1.24 bits per heavy atom. The van der Waals surface area contributed by atoms with E-state index in [4.69, 9.17) is 4.74 Å². The predicted octanol–water partition coefficient (Wildman–Crippen LogP) is 3.18. The molecule has 158 valence electrons. The number of carbonyl (C=O) groups is 1. The Hall–Kier alpha value is -2.18. The second kappa shape index (κ2) is 10.6. The van der Waals surface area contributed by atoms with Crippen molar-refractivity contribution >= 4 is 5.91 Å². The van der Waals surface area contributed by atoms with Gasteiger partial charge in [-0.25, -0.2) is 0 Å². The van der Waals surface area contributed by atoms with Crippen LogP contribution in [0, 0.1) is 5.92 Å². The van der Waals surface area contributed by atoms with Crippen LogP contribution in [0.1, 0.15) is 37.8 Å². The number of likely N-dealkylation sites (tertiary alicyclic amines) is 1. The summed E-state index contributed by atoms with van der Waals surface area (Å²) in [6.07, 6.45) is 5.86. The Bertz CT molecular complexity index is 761. The van der Waals surface area contributed by atoms with E-state index >= 15 is 0 Å². The van der Waals surface area contributed by atoms with E-state index in [1.165, 1.54) is 5.56 Å². The topological polar surface area (TPSA) is 50.6 Å². The Kier molecular flexibility index (Phi) is 7.83. The fraction of sp³-hybridized carbons (Fsp3) is 0.565. The van der Waals surface area contributed by atoms with Gasteiger partial charge in [0.15, 0.2) is 0 Å². The molecule has 3 rings (SSSR count). The number of ether oxygens (including phenoxy) is 1. The molecule has 1 aliphatic rings. The van der Waals surface area contributed by atoms with Crippen molar-refractivity contribution in [1.82, 2.24) is 19.6 Å². The summed E-state index contributed by atoms with van der Waals surface area (Å²) in [4.78, 5) is 17.9. The summed E-state index contributed by atoms with van der Waals surface area (Å²) >= 11 is 0. The third-order valence-corrected chi connectivity index (χ3v) is 5.85. The molecule has 6 nitrogen and oxygen atoms in total. The van der Waals surface area contributed by atoms with Crippen molar-refractivity contribution in [2.45, 2.75) is 52.4 Å². The number of hydrogen-bond donors (Lipinski definition) is 0. The number of methoxy groups -OCH3 is 1. The van der Waals surface area contributed by atoms with E-state index < -0.39 is 0 Å². The fourth-order valence-electron chi connectivity index (χ4n) is 4.28. The van der Waals surface area contributed by atoms with Crippen LogP contribution in [0.15, 0.2) is 42.7 Å². The average molecular weight is 399 g/mol. The molecular formula is C23H34N4O2. The van der Waals surface area contributed by atoms with E-state index in [2.05, 4.69) is 48.1 Å². The van der Waals surface area contributed by atoms with Crippen LogP contribution in [-0.2, 0) is 29.2 Å². The van der Waals surface area contributed by atoms with Gasteiger partial charge in [-0.3, -0.25) is 14.4 Å². The van der Waals surface area contributed by atoms with Gasteiger partial charge in [0.25, 0.3) is 0 Å². The minimum absolute atomic E-state index is 0.0337. The molecule has 0 unspecified atom stereocenters. The monoisotopic (exact) mass is 398 g/mol. The van der Waals surface area contributed by atoms with Gasteiger partial charge in [0.1, 0.15) is 0 Å². The highest BCUT2D eigenvalue weighted by molar-refractivity contribution is 5.79. The first-order valence-electron chi connectivity index (χ1n) is 10.7. The molecule has 1 aromatic carbocycles. The van der Waals surface area contributed by atoms with Gasteiger partial charge in [-0.1, -0.05) is 30.3 Å². The van der Waals surface area contributed by atoms with Gasteiger partial charge in [-0.15, -0.1) is 0 Å². The van der Waals surface area contributed by atoms with E-state index in [-0.39, 0.29) is 17.9 Å². The summed E-state index contributed by atoms with van der Waals surface area (Å²) in [6.45, 7) is 8.71. The summed E-state index contributed by atoms with van der Waals surface area (Å²) in [5, 5.41) is 4.35. The minimum atomic E-state index is -0.0337. The molecule has 2 heterocycles. The first-order chi connectivity index (χ1) is 14.2. The zero-order chi connectivity index (χ0) is 20.6. The number of amides is 1. The Morgan fingerprint density at radius 2 is 2.03 bits per heavy atom. The fourth-order valence-corrected chi connectivity index (χ4v) is 4.28. The van der Waals surface area contributed by atoms with Gasteiger partial charge in [-0.2, -0.15) is 5.10 Å². The smallest absolute Gasteiger partial charge is 0.227 e. The number of carbonyl (C=O) groups excluding carboxylic acids is 1. The van der Waals surface area contributed by atoms with Crippen molar-refractivity contribution in [3.05, 3.63) is 53.9 Å². The van der Waals surface area contributed by atoms with Crippen molar-refractivity contribution in [3.63, 3.8) is 0 Å². The molecule has 1 aromatic heterocycles. The number of benzene rings is 1. The van der Waals surface area contributed by atoms with Crippen LogP contribution in [-0.4, -0.2) is 58.3 Å². The maximum Gasteiger partial charge on any atom is 0.227 e. The van der Waals surface area contributed by atoms with Gasteiger partial charge in [0.05, 0.1) is 18.7 Å². The number of rotatable bonds is 9. The van der Waals surface area contributed by atoms with E-state index in [0.29, 0.717) is 19.7 Å². The molecule has 1 amide bonds. The second-order valence-electron chi connectivity index (χ2n) is 7.78. The highest BCUT2D eigenvalue weighted by atomic mass is 16.5. The number of nitrogens with zero attached hydrogens (tertiary/aromatic N) is 4. The summed E-state index contributed by atoms with van der Waals surface area (Å²) in [6, 6.07) is 10.6. The number of piperidine rings is 1. The first kappa shape index (κ1) is 21.5. The summed E-state index contributed by atoms with van der Waals surface area (Å²) < 4.78 is 7.46. The lowest BCUT2D eigenvalue weighted by atomic mass is 9.87. The van der Waals surface area contributed by atoms with E-state index in [0.717, 1.165) is 38.0 Å². The molecule has 0 radical (unpaired) electrons. The maximum atomic E-state index is 13.5. The van der Waals surface area contributed by atoms with Crippen LogP contribution < -0.4 is 0 Å². The molecule has 0 bridgehead atoms. The molecule has 1 saturated heterocycles. The highest BCUT2D eigenvalue weighted by Crippen LogP contribution is 2.28. The lowest BCUT2D eigenvalue weighted by Gasteiger charge is -2.42. The SMILES string of the molecule is CCN(Cc1cnn(CC)c1)C(=O)[C@@H]1CCCN(Cc2ccccc2)[C@@H]1COC. The second-order valence-corrected chi connectivity index (χ2v) is 7.78. The molecule has 2 aromatic rings. The van der Waals surface area contributed by atoms with Gasteiger partial charge in [-0.05, 0) is 38.8 Å². The van der Waals surface area contributed by atoms with E-state index in [1.807, 2.05) is 28.0 Å². The summed E-state index contributed by atoms with van der Waals surface area (Å²) in [5.74, 6) is 0.199. The number of aryl methyl sites for hydroxylation is 1. The zero-order valence-electron chi connectivity index (χ0n) is 18.0. The van der Waals surface area contributed by atoms with Gasteiger partial charge < -0.3 is 9.64 Å². The maximum absolute atomic E-state index is 13.5. The molecule has 0 spiro atoms. The summed E-state index contributed by atoms with van der Waals surface area (Å²) in [7, 11) is 1.73. The Balaban J connectivity index is 1.73. The average Bonchev–Trinajstić information content (AvgIpc) is 3.21. The third-order valence-electron chi connectivity index (χ3n) is 5.85. The molecule has 0 saturated carbocycles. The first-order valence-corrected chi connectivity index (χ1v) is 10.7. The van der Waals surface area contributed by atoms with Gasteiger partial charge in [0.2, 0.25) is 5.91 Å². The van der Waals surface area contributed by atoms with Gasteiger partial charge in [0, 0.05) is 51.1 Å². The van der Waals surface area contributed by atoms with Crippen molar-refractivity contribution in [2.75, 3.05) is 26.8 Å². The number of aromatic nitrogens is 2. The molecule has 1 fully saturated rings. The van der Waals surface area contributed by atoms with Crippen molar-refractivity contribution in [2.24, 2.45) is 5.92 Å². The zero-order valence-corrected chi connectivity index (χ0v) is 18.0. The number of hydrogen-bond acceptors (Lipinski definition) is 4. The predicted molar refractivity (Wildman–Crippen MR) is 114 cm³/mol. The normalized spacial score (nSPS) is 20.0. The molecule has 0 aliphatic carbocycles. The molecule has 6 heteroatoms. The molecule has 29 heavy (non-hydrogen) atoms. The lowest BCUT2D eigenvalue weighted by molar-refractivity contribution is -0.141. The third kappa shape index (κ3) is 5.46. The van der Waals surface area contributed by atoms with Gasteiger partial charge >= 0.3 is 0 Å².